The lowest BCUT2D eigenvalue weighted by Gasteiger charge is -2.18. The third kappa shape index (κ3) is 5.19. The molecule has 0 radical (unpaired) electrons. The van der Waals surface area contributed by atoms with Crippen molar-refractivity contribution < 1.29 is 27.1 Å². The van der Waals surface area contributed by atoms with Crippen LogP contribution in [-0.2, 0) is 28.7 Å². The molecule has 0 aliphatic heterocycles. The predicted octanol–water partition coefficient (Wildman–Crippen LogP) is 4.90. The Balaban J connectivity index is 1.70. The molecule has 1 aromatic carbocycles. The van der Waals surface area contributed by atoms with E-state index in [1.54, 1.807) is 14.0 Å². The second kappa shape index (κ2) is 10.4. The third-order valence-electron chi connectivity index (χ3n) is 6.38. The number of anilines is 1. The number of carbonyl (C=O) groups is 1. The number of nitrogens with one attached hydrogen (secondary N) is 1. The standard InChI is InChI=1S/C24H24BrF4N5O3/c1-4-17-19(25)22(36)34-23(31-21(32-34)13-5-7-14(37-3)8-6-13)33(17)11-18(35)30-16-10-9-15(24(27,28)29)20(26)12(16)2/h5,9-10,14H,4,6-8,11H2,1-3H3,(H,30,35). The first-order chi connectivity index (χ1) is 17.5. The van der Waals surface area contributed by atoms with E-state index >= 15 is 0 Å². The molecular weight excluding hydrogens is 562 g/mol. The summed E-state index contributed by atoms with van der Waals surface area (Å²) >= 11 is 3.30. The van der Waals surface area contributed by atoms with Gasteiger partial charge in [-0.15, -0.1) is 5.10 Å². The molecule has 1 N–H and O–H groups in total. The minimum Gasteiger partial charge on any atom is -0.381 e. The van der Waals surface area contributed by atoms with Crippen molar-refractivity contribution in [3.05, 3.63) is 61.5 Å². The quantitative estimate of drug-likeness (QED) is 0.415. The first-order valence-electron chi connectivity index (χ1n) is 11.5. The zero-order chi connectivity index (χ0) is 27.1. The molecule has 13 heteroatoms. The molecule has 0 saturated heterocycles. The molecule has 2 aromatic heterocycles. The first kappa shape index (κ1) is 27.0. The smallest absolute Gasteiger partial charge is 0.381 e. The highest BCUT2D eigenvalue weighted by Crippen LogP contribution is 2.34. The molecule has 1 aliphatic carbocycles. The van der Waals surface area contributed by atoms with Crippen molar-refractivity contribution in [3.8, 4) is 0 Å². The third-order valence-corrected chi connectivity index (χ3v) is 7.17. The van der Waals surface area contributed by atoms with Crippen molar-refractivity contribution >= 4 is 38.9 Å². The van der Waals surface area contributed by atoms with Gasteiger partial charge < -0.3 is 14.6 Å². The van der Waals surface area contributed by atoms with Crippen LogP contribution in [-0.4, -0.2) is 38.3 Å². The maximum Gasteiger partial charge on any atom is 0.419 e. The Morgan fingerprint density at radius 1 is 1.32 bits per heavy atom. The molecule has 4 rings (SSSR count). The SMILES string of the molecule is CCc1c(Br)c(=O)n2nc(C3=CCC(OC)CC3)nc2n1CC(=O)Nc1ccc(C(F)(F)F)c(F)c1C. The van der Waals surface area contributed by atoms with Crippen LogP contribution in [0.4, 0.5) is 23.2 Å². The van der Waals surface area contributed by atoms with Gasteiger partial charge in [0.1, 0.15) is 16.8 Å². The van der Waals surface area contributed by atoms with Gasteiger partial charge in [0.2, 0.25) is 11.7 Å². The highest BCUT2D eigenvalue weighted by atomic mass is 79.9. The van der Waals surface area contributed by atoms with E-state index in [1.807, 2.05) is 6.08 Å². The maximum atomic E-state index is 14.3. The predicted molar refractivity (Wildman–Crippen MR) is 132 cm³/mol. The second-order valence-corrected chi connectivity index (χ2v) is 9.45. The van der Waals surface area contributed by atoms with Crippen LogP contribution < -0.4 is 10.9 Å². The van der Waals surface area contributed by atoms with Gasteiger partial charge in [-0.25, -0.2) is 4.39 Å². The lowest BCUT2D eigenvalue weighted by atomic mass is 9.97. The molecule has 0 fully saturated rings. The lowest BCUT2D eigenvalue weighted by molar-refractivity contribution is -0.140. The maximum absolute atomic E-state index is 14.3. The molecule has 8 nitrogen and oxygen atoms in total. The number of allylic oxidation sites excluding steroid dienone is 1. The van der Waals surface area contributed by atoms with E-state index in [0.29, 0.717) is 36.8 Å². The van der Waals surface area contributed by atoms with Crippen molar-refractivity contribution in [3.63, 3.8) is 0 Å². The molecule has 1 unspecified atom stereocenters. The summed E-state index contributed by atoms with van der Waals surface area (Å²) in [6.45, 7) is 2.62. The van der Waals surface area contributed by atoms with Gasteiger partial charge in [-0.1, -0.05) is 13.0 Å². The Labute approximate surface area is 217 Å². The topological polar surface area (TPSA) is 90.5 Å². The summed E-state index contributed by atoms with van der Waals surface area (Å²) in [6, 6.07) is 1.59. The van der Waals surface area contributed by atoms with Crippen molar-refractivity contribution in [1.29, 1.82) is 0 Å². The molecule has 3 aromatic rings. The number of amides is 1. The number of rotatable bonds is 6. The number of aromatic nitrogens is 4. The largest absolute Gasteiger partial charge is 0.419 e. The molecule has 1 amide bonds. The number of nitrogens with zero attached hydrogens (tertiary/aromatic N) is 4. The van der Waals surface area contributed by atoms with Gasteiger partial charge in [0, 0.05) is 24.1 Å². The van der Waals surface area contributed by atoms with E-state index in [9.17, 15) is 27.2 Å². The van der Waals surface area contributed by atoms with Gasteiger partial charge >= 0.3 is 6.18 Å². The summed E-state index contributed by atoms with van der Waals surface area (Å²) in [5.74, 6) is -1.59. The summed E-state index contributed by atoms with van der Waals surface area (Å²) in [5, 5.41) is 6.85. The highest BCUT2D eigenvalue weighted by molar-refractivity contribution is 9.10. The molecule has 1 atom stereocenters. The van der Waals surface area contributed by atoms with Crippen LogP contribution in [0.1, 0.15) is 48.8 Å². The first-order valence-corrected chi connectivity index (χ1v) is 12.3. The zero-order valence-corrected chi connectivity index (χ0v) is 21.8. The Morgan fingerprint density at radius 3 is 2.65 bits per heavy atom. The summed E-state index contributed by atoms with van der Waals surface area (Å²) in [7, 11) is 1.65. The van der Waals surface area contributed by atoms with Gasteiger partial charge in [-0.05, 0) is 66.2 Å². The van der Waals surface area contributed by atoms with Gasteiger partial charge in [0.25, 0.3) is 5.56 Å². The van der Waals surface area contributed by atoms with Crippen molar-refractivity contribution in [2.75, 3.05) is 12.4 Å². The molecule has 2 heterocycles. The van der Waals surface area contributed by atoms with Crippen LogP contribution >= 0.6 is 15.9 Å². The average Bonchev–Trinajstić information content (AvgIpc) is 3.30. The van der Waals surface area contributed by atoms with Crippen molar-refractivity contribution in [1.82, 2.24) is 19.2 Å². The number of fused-ring (bicyclic) bond motifs is 1. The fourth-order valence-electron chi connectivity index (χ4n) is 4.32. The van der Waals surface area contributed by atoms with Crippen LogP contribution in [0, 0.1) is 12.7 Å². The van der Waals surface area contributed by atoms with Gasteiger partial charge in [0.05, 0.1) is 11.7 Å². The Morgan fingerprint density at radius 2 is 2.05 bits per heavy atom. The number of alkyl halides is 3. The van der Waals surface area contributed by atoms with E-state index < -0.39 is 29.0 Å². The second-order valence-electron chi connectivity index (χ2n) is 8.66. The number of methoxy groups -OCH3 is 1. The summed E-state index contributed by atoms with van der Waals surface area (Å²) < 4.78 is 61.5. The van der Waals surface area contributed by atoms with Crippen LogP contribution in [0.3, 0.4) is 0 Å². The van der Waals surface area contributed by atoms with E-state index in [0.717, 1.165) is 29.5 Å². The van der Waals surface area contributed by atoms with Crippen molar-refractivity contribution in [2.45, 2.75) is 58.4 Å². The molecule has 37 heavy (non-hydrogen) atoms. The summed E-state index contributed by atoms with van der Waals surface area (Å²) in [4.78, 5) is 30.5. The fraction of sp³-hybridized carbons (Fsp3) is 0.417. The number of ether oxygens (including phenoxy) is 1. The Hall–Kier alpha value is -3.06. The summed E-state index contributed by atoms with van der Waals surface area (Å²) in [6.07, 6.45) is -0.308. The minimum absolute atomic E-state index is 0.0908. The Bertz CT molecular complexity index is 1460. The van der Waals surface area contributed by atoms with Crippen LogP contribution in [0.5, 0.6) is 0 Å². The lowest BCUT2D eigenvalue weighted by Crippen LogP contribution is -2.28. The number of hydrogen-bond donors (Lipinski definition) is 1. The zero-order valence-electron chi connectivity index (χ0n) is 20.2. The normalized spacial score (nSPS) is 16.2. The molecule has 0 saturated carbocycles. The van der Waals surface area contributed by atoms with Gasteiger partial charge in [-0.3, -0.25) is 9.59 Å². The molecular formula is C24H24BrF4N5O3. The molecule has 1 aliphatic rings. The number of hydrogen-bond acceptors (Lipinski definition) is 5. The average molecular weight is 586 g/mol. The number of halogens is 5. The monoisotopic (exact) mass is 585 g/mol. The fourth-order valence-corrected chi connectivity index (χ4v) is 4.98. The number of carbonyl (C=O) groups excluding carboxylic acids is 1. The van der Waals surface area contributed by atoms with E-state index in [2.05, 4.69) is 31.3 Å². The molecule has 198 valence electrons. The van der Waals surface area contributed by atoms with E-state index in [-0.39, 0.29) is 34.1 Å². The number of benzene rings is 1. The van der Waals surface area contributed by atoms with E-state index in [4.69, 9.17) is 4.74 Å². The minimum atomic E-state index is -4.86. The van der Waals surface area contributed by atoms with Crippen LogP contribution in [0.2, 0.25) is 0 Å². The Kier molecular flexibility index (Phi) is 7.56. The highest BCUT2D eigenvalue weighted by Gasteiger charge is 2.35. The van der Waals surface area contributed by atoms with Gasteiger partial charge in [-0.2, -0.15) is 22.7 Å². The van der Waals surface area contributed by atoms with E-state index in [1.165, 1.54) is 4.57 Å². The van der Waals surface area contributed by atoms with Crippen molar-refractivity contribution in [2.24, 2.45) is 0 Å². The summed E-state index contributed by atoms with van der Waals surface area (Å²) in [5.41, 5.74) is -0.932. The van der Waals surface area contributed by atoms with Crippen LogP contribution in [0.25, 0.3) is 11.4 Å². The van der Waals surface area contributed by atoms with Gasteiger partial charge in [0.15, 0.2) is 5.82 Å². The molecule has 0 spiro atoms. The van der Waals surface area contributed by atoms with Crippen LogP contribution in [0.15, 0.2) is 27.5 Å². The molecule has 0 bridgehead atoms.